The van der Waals surface area contributed by atoms with Crippen molar-refractivity contribution < 1.29 is 9.13 Å². The van der Waals surface area contributed by atoms with Crippen LogP contribution in [0.25, 0.3) is 28.2 Å². The number of imidazole rings is 1. The van der Waals surface area contributed by atoms with Gasteiger partial charge in [-0.05, 0) is 30.3 Å². The van der Waals surface area contributed by atoms with Crippen LogP contribution in [0.2, 0.25) is 0 Å². The smallest absolute Gasteiger partial charge is 0.238 e. The molecule has 0 aliphatic carbocycles. The Morgan fingerprint density at radius 3 is 2.71 bits per heavy atom. The molecule has 0 amide bonds. The summed E-state index contributed by atoms with van der Waals surface area (Å²) in [5.41, 5.74) is 11.0. The van der Waals surface area contributed by atoms with Gasteiger partial charge in [-0.15, -0.1) is 0 Å². The van der Waals surface area contributed by atoms with E-state index in [-0.39, 0.29) is 11.9 Å². The molecule has 0 spiro atoms. The Bertz CT molecular complexity index is 1500. The lowest BCUT2D eigenvalue weighted by Crippen LogP contribution is -2.22. The molecular weight excluding hydrogens is 431 g/mol. The number of nitrogens with zero attached hydrogens (tertiary/aromatic N) is 4. The Labute approximate surface area is 195 Å². The van der Waals surface area contributed by atoms with Gasteiger partial charge >= 0.3 is 0 Å². The van der Waals surface area contributed by atoms with Gasteiger partial charge in [-0.3, -0.25) is 4.57 Å². The molecule has 6 rings (SSSR count). The zero-order valence-corrected chi connectivity index (χ0v) is 18.1. The zero-order chi connectivity index (χ0) is 23.1. The topological polar surface area (TPSA) is 90.9 Å². The average molecular weight is 452 g/mol. The number of halogens is 1. The summed E-state index contributed by atoms with van der Waals surface area (Å²) in [5.74, 6) is 1.25. The molecule has 2 aromatic heterocycles. The molecule has 1 unspecified atom stereocenters. The number of aromatic nitrogens is 4. The number of ether oxygens (including phenoxy) is 1. The fraction of sp³-hybridized carbons (Fsp3) is 0.115. The summed E-state index contributed by atoms with van der Waals surface area (Å²) in [6, 6.07) is 21.8. The van der Waals surface area contributed by atoms with E-state index in [4.69, 9.17) is 20.4 Å². The average Bonchev–Trinajstić information content (AvgIpc) is 3.30. The van der Waals surface area contributed by atoms with Crippen LogP contribution in [0.1, 0.15) is 18.0 Å². The summed E-state index contributed by atoms with van der Waals surface area (Å²) >= 11 is 0. The Hall–Kier alpha value is -4.46. The highest BCUT2D eigenvalue weighted by atomic mass is 19.1. The van der Waals surface area contributed by atoms with Gasteiger partial charge in [0.25, 0.3) is 0 Å². The molecule has 0 radical (unpaired) electrons. The normalized spacial score (nSPS) is 15.0. The summed E-state index contributed by atoms with van der Waals surface area (Å²) in [5, 5.41) is 3.44. The van der Waals surface area contributed by atoms with Crippen LogP contribution in [-0.4, -0.2) is 26.1 Å². The lowest BCUT2D eigenvalue weighted by molar-refractivity contribution is 0.273. The second-order valence-electron chi connectivity index (χ2n) is 8.12. The minimum absolute atomic E-state index is 0.215. The molecule has 0 saturated heterocycles. The number of nitrogens with one attached hydrogen (secondary N) is 1. The van der Waals surface area contributed by atoms with Crippen molar-refractivity contribution in [3.8, 4) is 23.0 Å². The van der Waals surface area contributed by atoms with Gasteiger partial charge < -0.3 is 15.8 Å². The molecule has 1 aliphatic heterocycles. The maximum absolute atomic E-state index is 14.0. The predicted octanol–water partition coefficient (Wildman–Crippen LogP) is 5.14. The van der Waals surface area contributed by atoms with Crippen molar-refractivity contribution in [2.45, 2.75) is 12.5 Å². The summed E-state index contributed by atoms with van der Waals surface area (Å²) < 4.78 is 21.6. The Balaban J connectivity index is 1.50. The van der Waals surface area contributed by atoms with Gasteiger partial charge in [-0.25, -0.2) is 14.4 Å². The number of rotatable bonds is 4. The van der Waals surface area contributed by atoms with E-state index in [0.717, 1.165) is 22.2 Å². The minimum Gasteiger partial charge on any atom is -0.493 e. The van der Waals surface area contributed by atoms with Crippen LogP contribution in [0.3, 0.4) is 0 Å². The first kappa shape index (κ1) is 20.2. The number of benzene rings is 3. The first-order valence-electron chi connectivity index (χ1n) is 11.0. The molecule has 0 fully saturated rings. The van der Waals surface area contributed by atoms with Gasteiger partial charge in [-0.1, -0.05) is 42.5 Å². The van der Waals surface area contributed by atoms with Crippen LogP contribution in [0.15, 0.2) is 79.1 Å². The molecule has 3 heterocycles. The van der Waals surface area contributed by atoms with Gasteiger partial charge in [0.2, 0.25) is 5.95 Å². The Morgan fingerprint density at radius 1 is 1.00 bits per heavy atom. The minimum atomic E-state index is -0.317. The number of nitrogens with two attached hydrogens (primary N) is 1. The van der Waals surface area contributed by atoms with Gasteiger partial charge in [0.1, 0.15) is 29.3 Å². The summed E-state index contributed by atoms with van der Waals surface area (Å²) in [6.45, 7) is 0.506. The van der Waals surface area contributed by atoms with Crippen molar-refractivity contribution in [2.75, 3.05) is 17.7 Å². The van der Waals surface area contributed by atoms with Gasteiger partial charge in [0.15, 0.2) is 5.82 Å². The Kier molecular flexibility index (Phi) is 4.83. The molecule has 3 N–H and O–H groups in total. The van der Waals surface area contributed by atoms with Crippen LogP contribution in [0.5, 0.6) is 5.75 Å². The zero-order valence-electron chi connectivity index (χ0n) is 18.1. The molecule has 168 valence electrons. The van der Waals surface area contributed by atoms with Gasteiger partial charge in [0.05, 0.1) is 23.7 Å². The number of fused-ring (bicyclic) bond motifs is 2. The monoisotopic (exact) mass is 452 g/mol. The number of hydrogen-bond acceptors (Lipinski definition) is 6. The lowest BCUT2D eigenvalue weighted by atomic mass is 10.00. The first-order valence-corrected chi connectivity index (χ1v) is 11.0. The molecule has 34 heavy (non-hydrogen) atoms. The third-order valence-electron chi connectivity index (χ3n) is 5.97. The molecule has 1 aliphatic rings. The SMILES string of the molecule is Nc1c(NC2CCOc3ccc(F)cc32)nc(-n2cnc3ccccc32)nc1-c1ccccc1. The van der Waals surface area contributed by atoms with E-state index in [1.165, 1.54) is 12.1 Å². The maximum Gasteiger partial charge on any atom is 0.238 e. The van der Waals surface area contributed by atoms with Crippen LogP contribution in [0, 0.1) is 5.82 Å². The van der Waals surface area contributed by atoms with Crippen molar-refractivity contribution in [3.05, 3.63) is 90.5 Å². The molecule has 3 aromatic carbocycles. The molecule has 0 bridgehead atoms. The van der Waals surface area contributed by atoms with Crippen molar-refractivity contribution >= 4 is 22.5 Å². The third kappa shape index (κ3) is 3.49. The van der Waals surface area contributed by atoms with E-state index < -0.39 is 0 Å². The number of hydrogen-bond donors (Lipinski definition) is 2. The van der Waals surface area contributed by atoms with Gasteiger partial charge in [-0.2, -0.15) is 4.98 Å². The largest absolute Gasteiger partial charge is 0.493 e. The van der Waals surface area contributed by atoms with Crippen molar-refractivity contribution in [2.24, 2.45) is 0 Å². The highest BCUT2D eigenvalue weighted by molar-refractivity contribution is 5.82. The van der Waals surface area contributed by atoms with E-state index in [0.29, 0.717) is 41.9 Å². The van der Waals surface area contributed by atoms with E-state index in [2.05, 4.69) is 10.3 Å². The molecular formula is C26H21FN6O. The third-order valence-corrected chi connectivity index (χ3v) is 5.97. The second kappa shape index (κ2) is 8.15. The highest BCUT2D eigenvalue weighted by Crippen LogP contribution is 2.37. The second-order valence-corrected chi connectivity index (χ2v) is 8.12. The number of nitrogen functional groups attached to an aromatic ring is 1. The standard InChI is InChI=1S/C26H21FN6O/c27-17-10-11-22-18(14-17)19(12-13-34-22)30-25-23(28)24(16-6-2-1-3-7-16)31-26(32-25)33-15-29-20-8-4-5-9-21(20)33/h1-11,14-15,19H,12-13,28H2,(H,30,31,32). The van der Waals surface area contributed by atoms with Crippen LogP contribution < -0.4 is 15.8 Å². The summed E-state index contributed by atoms with van der Waals surface area (Å²) in [4.78, 5) is 14.1. The van der Waals surface area contributed by atoms with E-state index in [9.17, 15) is 4.39 Å². The van der Waals surface area contributed by atoms with Gasteiger partial charge in [0, 0.05) is 17.5 Å². The molecule has 5 aromatic rings. The fourth-order valence-corrected chi connectivity index (χ4v) is 4.29. The van der Waals surface area contributed by atoms with E-state index in [1.54, 1.807) is 12.4 Å². The molecule has 1 atom stereocenters. The Morgan fingerprint density at radius 2 is 1.82 bits per heavy atom. The lowest BCUT2D eigenvalue weighted by Gasteiger charge is -2.28. The quantitative estimate of drug-likeness (QED) is 0.392. The molecule has 8 heteroatoms. The maximum atomic E-state index is 14.0. The predicted molar refractivity (Wildman–Crippen MR) is 129 cm³/mol. The fourth-order valence-electron chi connectivity index (χ4n) is 4.29. The van der Waals surface area contributed by atoms with Crippen LogP contribution >= 0.6 is 0 Å². The van der Waals surface area contributed by atoms with E-state index in [1.807, 2.05) is 59.2 Å². The van der Waals surface area contributed by atoms with Crippen molar-refractivity contribution in [3.63, 3.8) is 0 Å². The van der Waals surface area contributed by atoms with Crippen molar-refractivity contribution in [1.29, 1.82) is 0 Å². The summed E-state index contributed by atoms with van der Waals surface area (Å²) in [6.07, 6.45) is 2.35. The van der Waals surface area contributed by atoms with Crippen LogP contribution in [-0.2, 0) is 0 Å². The van der Waals surface area contributed by atoms with Crippen molar-refractivity contribution in [1.82, 2.24) is 19.5 Å². The van der Waals surface area contributed by atoms with Crippen LogP contribution in [0.4, 0.5) is 15.9 Å². The molecule has 0 saturated carbocycles. The number of para-hydroxylation sites is 2. The van der Waals surface area contributed by atoms with E-state index >= 15 is 0 Å². The number of anilines is 2. The summed E-state index contributed by atoms with van der Waals surface area (Å²) in [7, 11) is 0. The molecule has 7 nitrogen and oxygen atoms in total. The first-order chi connectivity index (χ1) is 16.7. The highest BCUT2D eigenvalue weighted by Gasteiger charge is 2.25.